The lowest BCUT2D eigenvalue weighted by atomic mass is 10.1. The number of anilines is 3. The van der Waals surface area contributed by atoms with E-state index in [9.17, 15) is 0 Å². The highest BCUT2D eigenvalue weighted by molar-refractivity contribution is 6.33. The van der Waals surface area contributed by atoms with Crippen LogP contribution in [0.5, 0.6) is 0 Å². The van der Waals surface area contributed by atoms with E-state index in [-0.39, 0.29) is 17.9 Å². The van der Waals surface area contributed by atoms with Crippen LogP contribution in [0.25, 0.3) is 21.9 Å². The largest absolute Gasteiger partial charge is 0.412 e. The number of halogens is 2. The quantitative estimate of drug-likeness (QED) is 0.476. The molecule has 0 saturated carbocycles. The molecule has 1 fully saturated rings. The Bertz CT molecular complexity index is 1150. The van der Waals surface area contributed by atoms with Crippen molar-refractivity contribution < 1.29 is 5.48 Å². The first-order valence-corrected chi connectivity index (χ1v) is 9.61. The number of pyridine rings is 1. The fraction of sp³-hybridized carbons (Fsp3) is 0.238. The maximum Gasteiger partial charge on any atom is 0.116 e. The molecule has 4 N–H and O–H groups in total. The molecule has 8 heteroatoms. The van der Waals surface area contributed by atoms with Crippen LogP contribution in [-0.2, 0) is 0 Å². The van der Waals surface area contributed by atoms with Gasteiger partial charge in [-0.1, -0.05) is 11.6 Å². The average Bonchev–Trinajstić information content (AvgIpc) is 3.33. The van der Waals surface area contributed by atoms with Gasteiger partial charge in [0.05, 0.1) is 21.9 Å². The summed E-state index contributed by atoms with van der Waals surface area (Å²) in [6, 6.07) is 12.3. The van der Waals surface area contributed by atoms with Crippen LogP contribution in [0.15, 0.2) is 42.7 Å². The third-order valence-corrected chi connectivity index (χ3v) is 5.48. The van der Waals surface area contributed by atoms with Crippen molar-refractivity contribution in [3.05, 3.63) is 53.4 Å². The minimum atomic E-state index is 0. The van der Waals surface area contributed by atoms with Gasteiger partial charge in [-0.05, 0) is 56.2 Å². The first-order chi connectivity index (χ1) is 13.2. The predicted molar refractivity (Wildman–Crippen MR) is 123 cm³/mol. The number of benzene rings is 2. The molecule has 1 aliphatic rings. The molecule has 1 saturated heterocycles. The van der Waals surface area contributed by atoms with Crippen LogP contribution in [0.1, 0.15) is 18.5 Å². The van der Waals surface area contributed by atoms with Crippen molar-refractivity contribution in [1.82, 2.24) is 15.0 Å². The standard InChI is InChI=1S/C21H20ClN5.ClH.H2O/c1-13-10-18(20-16(25-13)5-6-17-21(20)24-12-23-17)26-14-4-7-19(15(22)11-14)27-8-2-3-9-27;;/h4-7,10-12,25-26H,2-3,8-9H2,1H3;1H;1H2. The van der Waals surface area contributed by atoms with Crippen LogP contribution in [0.4, 0.5) is 17.1 Å². The molecule has 0 radical (unpaired) electrons. The number of nitrogens with zero attached hydrogens (tertiary/aromatic N) is 3. The lowest BCUT2D eigenvalue weighted by Crippen LogP contribution is -2.17. The molecule has 2 aromatic carbocycles. The summed E-state index contributed by atoms with van der Waals surface area (Å²) in [5, 5.41) is 5.36. The van der Waals surface area contributed by atoms with Crippen molar-refractivity contribution in [2.75, 3.05) is 23.3 Å². The van der Waals surface area contributed by atoms with Crippen LogP contribution < -0.4 is 10.2 Å². The number of aryl methyl sites for hydroxylation is 1. The first kappa shape index (κ1) is 21.2. The van der Waals surface area contributed by atoms with Gasteiger partial charge in [-0.25, -0.2) is 9.97 Å². The highest BCUT2D eigenvalue weighted by atomic mass is 35.5. The lowest BCUT2D eigenvalue weighted by Gasteiger charge is -2.20. The lowest BCUT2D eigenvalue weighted by molar-refractivity contribution is 0.824. The second kappa shape index (κ2) is 8.45. The summed E-state index contributed by atoms with van der Waals surface area (Å²) in [6.07, 6.45) is 4.08. The maximum atomic E-state index is 6.59. The van der Waals surface area contributed by atoms with E-state index >= 15 is 0 Å². The third kappa shape index (κ3) is 3.83. The molecule has 0 aliphatic carbocycles. The molecule has 0 atom stereocenters. The molecule has 6 nitrogen and oxygen atoms in total. The van der Waals surface area contributed by atoms with E-state index in [1.165, 1.54) is 12.8 Å². The van der Waals surface area contributed by atoms with E-state index in [0.717, 1.165) is 62.8 Å². The summed E-state index contributed by atoms with van der Waals surface area (Å²) in [6.45, 7) is 4.21. The number of hydrogen-bond acceptors (Lipinski definition) is 4. The predicted octanol–water partition coefficient (Wildman–Crippen LogP) is 5.01. The number of rotatable bonds is 3. The summed E-state index contributed by atoms with van der Waals surface area (Å²) in [5.41, 5.74) is 6.97. The Morgan fingerprint density at radius 2 is 1.86 bits per heavy atom. The van der Waals surface area contributed by atoms with Crippen molar-refractivity contribution in [3.63, 3.8) is 0 Å². The molecule has 1 aliphatic heterocycles. The molecule has 4 aromatic rings. The highest BCUT2D eigenvalue weighted by Gasteiger charge is 2.16. The van der Waals surface area contributed by atoms with Gasteiger partial charge in [0.15, 0.2) is 0 Å². The zero-order valence-electron chi connectivity index (χ0n) is 16.0. The Morgan fingerprint density at radius 3 is 2.62 bits per heavy atom. The van der Waals surface area contributed by atoms with Gasteiger partial charge in [-0.3, -0.25) is 0 Å². The van der Waals surface area contributed by atoms with Crippen LogP contribution in [0, 0.1) is 6.92 Å². The first-order valence-electron chi connectivity index (χ1n) is 9.23. The molecule has 0 amide bonds. The topological polar surface area (TPSA) is 88.3 Å². The van der Waals surface area contributed by atoms with Crippen molar-refractivity contribution in [2.24, 2.45) is 0 Å². The van der Waals surface area contributed by atoms with Crippen molar-refractivity contribution in [3.8, 4) is 0 Å². The van der Waals surface area contributed by atoms with Crippen LogP contribution in [-0.4, -0.2) is 33.5 Å². The van der Waals surface area contributed by atoms with E-state index in [4.69, 9.17) is 11.6 Å². The second-order valence-corrected chi connectivity index (χ2v) is 7.49. The van der Waals surface area contributed by atoms with Crippen molar-refractivity contribution in [1.29, 1.82) is 0 Å². The number of nitrogens with one attached hydrogen (secondary N) is 2. The molecule has 0 bridgehead atoms. The zero-order chi connectivity index (χ0) is 18.4. The molecule has 0 spiro atoms. The maximum absolute atomic E-state index is 6.59. The molecule has 152 valence electrons. The van der Waals surface area contributed by atoms with Gasteiger partial charge in [-0.15, -0.1) is 12.4 Å². The van der Waals surface area contributed by atoms with Crippen LogP contribution >= 0.6 is 24.0 Å². The fourth-order valence-corrected chi connectivity index (χ4v) is 4.23. The van der Waals surface area contributed by atoms with Crippen molar-refractivity contribution in [2.45, 2.75) is 19.8 Å². The summed E-state index contributed by atoms with van der Waals surface area (Å²) < 4.78 is 0. The highest BCUT2D eigenvalue weighted by Crippen LogP contribution is 2.35. The average molecular weight is 432 g/mol. The molecule has 5 rings (SSSR count). The Hall–Kier alpha value is -2.54. The Labute approximate surface area is 180 Å². The van der Waals surface area contributed by atoms with Gasteiger partial charge in [0, 0.05) is 35.4 Å². The summed E-state index contributed by atoms with van der Waals surface area (Å²) in [7, 11) is 0. The summed E-state index contributed by atoms with van der Waals surface area (Å²) >= 11 is 6.59. The number of aromatic amines is 1. The van der Waals surface area contributed by atoms with E-state index in [1.807, 2.05) is 18.2 Å². The van der Waals surface area contributed by atoms with Crippen molar-refractivity contribution >= 4 is 63.0 Å². The van der Waals surface area contributed by atoms with E-state index < -0.39 is 0 Å². The SMILES string of the molecule is Cc1cc(Nc2ccc(N3CCCC3)c(Cl)c2)c2c(ccc3ncnc32)[nH]1.Cl.O. The van der Waals surface area contributed by atoms with Gasteiger partial charge in [0.2, 0.25) is 0 Å². The smallest absolute Gasteiger partial charge is 0.116 e. The fourth-order valence-electron chi connectivity index (χ4n) is 3.93. The minimum Gasteiger partial charge on any atom is -0.412 e. The zero-order valence-corrected chi connectivity index (χ0v) is 17.6. The molecule has 3 heterocycles. The van der Waals surface area contributed by atoms with E-state index in [2.05, 4.69) is 50.3 Å². The number of hydrogen-bond donors (Lipinski definition) is 2. The normalized spacial score (nSPS) is 13.4. The van der Waals surface area contributed by atoms with Gasteiger partial charge >= 0.3 is 0 Å². The van der Waals surface area contributed by atoms with Gasteiger partial charge in [0.25, 0.3) is 0 Å². The van der Waals surface area contributed by atoms with Crippen LogP contribution in [0.2, 0.25) is 5.02 Å². The Kier molecular flexibility index (Phi) is 6.17. The number of aromatic nitrogens is 3. The van der Waals surface area contributed by atoms with E-state index in [1.54, 1.807) is 6.33 Å². The van der Waals surface area contributed by atoms with Gasteiger partial charge in [-0.2, -0.15) is 0 Å². The van der Waals surface area contributed by atoms with Gasteiger partial charge < -0.3 is 20.7 Å². The Balaban J connectivity index is 0.00000120. The molecule has 29 heavy (non-hydrogen) atoms. The summed E-state index contributed by atoms with van der Waals surface area (Å²) in [4.78, 5) is 14.6. The monoisotopic (exact) mass is 431 g/mol. The van der Waals surface area contributed by atoms with Gasteiger partial charge in [0.1, 0.15) is 11.8 Å². The Morgan fingerprint density at radius 1 is 1.07 bits per heavy atom. The van der Waals surface area contributed by atoms with E-state index in [0.29, 0.717) is 0 Å². The minimum absolute atomic E-state index is 0. The number of H-pyrrole nitrogens is 1. The molecular weight excluding hydrogens is 409 g/mol. The molecular formula is C21H23Cl2N5O. The second-order valence-electron chi connectivity index (χ2n) is 7.08. The number of fused-ring (bicyclic) bond motifs is 3. The summed E-state index contributed by atoms with van der Waals surface area (Å²) in [5.74, 6) is 0. The third-order valence-electron chi connectivity index (χ3n) is 5.18. The number of imidazole rings is 1. The van der Waals surface area contributed by atoms with Crippen LogP contribution in [0.3, 0.4) is 0 Å². The molecule has 2 aromatic heterocycles. The molecule has 0 unspecified atom stereocenters.